The molecule has 0 spiro atoms. The maximum atomic E-state index is 14.1. The Morgan fingerprint density at radius 3 is 1.73 bits per heavy atom. The van der Waals surface area contributed by atoms with E-state index in [1.165, 1.54) is 62.7 Å². The summed E-state index contributed by atoms with van der Waals surface area (Å²) in [5.74, 6) is -8.94. The van der Waals surface area contributed by atoms with E-state index in [2.05, 4.69) is 57.8 Å². The van der Waals surface area contributed by atoms with Crippen molar-refractivity contribution < 1.29 is 77.5 Å². The number of carboxylic acids is 3. The molecule has 6 atom stereocenters. The molecule has 33 heteroatoms. The maximum Gasteiger partial charge on any atom is 0.317 e. The molecule has 0 radical (unpaired) electrons. The van der Waals surface area contributed by atoms with Crippen molar-refractivity contribution in [3.63, 3.8) is 0 Å². The number of primary amides is 1. The summed E-state index contributed by atoms with van der Waals surface area (Å²) in [6, 6.07) is -7.41. The molecule has 2 aliphatic heterocycles. The van der Waals surface area contributed by atoms with E-state index in [0.717, 1.165) is 49.2 Å². The second-order valence-electron chi connectivity index (χ2n) is 23.9. The van der Waals surface area contributed by atoms with Crippen LogP contribution in [0.1, 0.15) is 179 Å². The number of nitrogens with two attached hydrogens (primary N) is 2. The highest BCUT2D eigenvalue weighted by Crippen LogP contribution is 2.24. The molecule has 526 valence electrons. The van der Waals surface area contributed by atoms with Crippen molar-refractivity contribution in [2.24, 2.45) is 11.5 Å². The zero-order valence-electron chi connectivity index (χ0n) is 54.2. The Kier molecular flexibility index (Phi) is 40.4. The van der Waals surface area contributed by atoms with Gasteiger partial charge >= 0.3 is 17.9 Å². The summed E-state index contributed by atoms with van der Waals surface area (Å²) in [5, 5.41) is 68.2. The van der Waals surface area contributed by atoms with Crippen molar-refractivity contribution in [1.29, 1.82) is 5.41 Å². The number of aryl methyl sites for hydroxylation is 1. The van der Waals surface area contributed by atoms with Crippen LogP contribution in [0.25, 0.3) is 0 Å². The number of aliphatic carboxylic acids is 3. The largest absolute Gasteiger partial charge is 0.481 e. The van der Waals surface area contributed by atoms with Crippen LogP contribution in [-0.4, -0.2) is 244 Å². The van der Waals surface area contributed by atoms with Gasteiger partial charge in [-0.1, -0.05) is 70.6 Å². The summed E-state index contributed by atoms with van der Waals surface area (Å²) in [6.07, 6.45) is 18.5. The van der Waals surface area contributed by atoms with E-state index in [1.807, 2.05) is 11.9 Å². The second kappa shape index (κ2) is 47.3. The van der Waals surface area contributed by atoms with Gasteiger partial charge < -0.3 is 78.4 Å². The number of amides is 8. The average molecular weight is 1320 g/mol. The number of tetrazole rings is 1. The van der Waals surface area contributed by atoms with Crippen LogP contribution < -0.4 is 48.7 Å². The lowest BCUT2D eigenvalue weighted by Crippen LogP contribution is -2.59. The lowest BCUT2D eigenvalue weighted by Gasteiger charge is -2.30. The Labute approximate surface area is 544 Å². The van der Waals surface area contributed by atoms with E-state index >= 15 is 0 Å². The number of nitrogens with one attached hydrogen (secondary N) is 9. The normalized spacial score (nSPS) is 16.0. The van der Waals surface area contributed by atoms with E-state index in [9.17, 15) is 68.1 Å². The number of aromatic nitrogens is 4. The van der Waals surface area contributed by atoms with Gasteiger partial charge in [0.1, 0.15) is 42.6 Å². The van der Waals surface area contributed by atoms with Crippen LogP contribution in [0.5, 0.6) is 0 Å². The fourth-order valence-electron chi connectivity index (χ4n) is 11.1. The lowest BCUT2D eigenvalue weighted by atomic mass is 10.0. The van der Waals surface area contributed by atoms with Crippen LogP contribution in [-0.2, 0) is 68.6 Å². The lowest BCUT2D eigenvalue weighted by molar-refractivity contribution is -0.143. The van der Waals surface area contributed by atoms with Gasteiger partial charge in [0.05, 0.1) is 45.4 Å². The van der Waals surface area contributed by atoms with Crippen LogP contribution in [0.3, 0.4) is 0 Å². The molecule has 8 amide bonds. The number of guanidine groups is 1. The maximum absolute atomic E-state index is 14.1. The highest BCUT2D eigenvalue weighted by atomic mass is 16.5. The number of likely N-dealkylation sites (N-methyl/N-ethyl adjacent to an activating group) is 1. The fourth-order valence-corrected chi connectivity index (χ4v) is 11.1. The van der Waals surface area contributed by atoms with Gasteiger partial charge in [0.25, 0.3) is 0 Å². The van der Waals surface area contributed by atoms with Crippen LogP contribution in [0.2, 0.25) is 0 Å². The van der Waals surface area contributed by atoms with Gasteiger partial charge in [-0.25, -0.2) is 5.10 Å². The predicted octanol–water partition coefficient (Wildman–Crippen LogP) is -0.471. The van der Waals surface area contributed by atoms with Gasteiger partial charge in [0, 0.05) is 39.0 Å². The van der Waals surface area contributed by atoms with Gasteiger partial charge in [-0.05, 0) is 120 Å². The number of carbonyl (C=O) groups is 11. The summed E-state index contributed by atoms with van der Waals surface area (Å²) in [4.78, 5) is 147. The molecule has 3 rings (SSSR count). The SMILES string of the molecule is CN1CCC[C@H]1C(=O)N1CCC[C@H]1C(=O)N[C@@H](CCCNC(=N)N)C(=O)N[C@@H](CC(=O)O)C(=O)N[C@@H](CCCCN(CC(=O)O)CC(=O)O)C(=O)N[C@@H](CCCCNC(=O)COCCOCCNC(=O)CCCCCCCCCCCCCCCc1nnn[nH]1)C(N)=O. The number of rotatable bonds is 54. The van der Waals surface area contributed by atoms with Crippen molar-refractivity contribution in [3.05, 3.63) is 5.82 Å². The summed E-state index contributed by atoms with van der Waals surface area (Å²) in [7, 11) is 1.83. The zero-order valence-corrected chi connectivity index (χ0v) is 54.2. The quantitative estimate of drug-likeness (QED) is 0.0223. The van der Waals surface area contributed by atoms with Crippen molar-refractivity contribution in [1.82, 2.24) is 72.5 Å². The second-order valence-corrected chi connectivity index (χ2v) is 23.9. The van der Waals surface area contributed by atoms with Crippen molar-refractivity contribution in [3.8, 4) is 0 Å². The number of hydrogen-bond acceptors (Lipinski definition) is 19. The Morgan fingerprint density at radius 1 is 0.591 bits per heavy atom. The molecule has 2 fully saturated rings. The molecule has 93 heavy (non-hydrogen) atoms. The number of H-pyrrole nitrogens is 1. The Balaban J connectivity index is 1.44. The number of aromatic amines is 1. The molecule has 16 N–H and O–H groups in total. The van der Waals surface area contributed by atoms with Gasteiger partial charge in [0.2, 0.25) is 47.3 Å². The molecule has 33 nitrogen and oxygen atoms in total. The minimum atomic E-state index is -1.86. The Hall–Kier alpha value is -7.65. The van der Waals surface area contributed by atoms with Crippen molar-refractivity contribution >= 4 is 71.1 Å². The summed E-state index contributed by atoms with van der Waals surface area (Å²) >= 11 is 0. The summed E-state index contributed by atoms with van der Waals surface area (Å²) in [6.45, 7) is 0.706. The predicted molar refractivity (Wildman–Crippen MR) is 338 cm³/mol. The first kappa shape index (κ1) is 79.6. The molecule has 3 heterocycles. The highest BCUT2D eigenvalue weighted by Gasteiger charge is 2.41. The monoisotopic (exact) mass is 1320 g/mol. The minimum Gasteiger partial charge on any atom is -0.481 e. The van der Waals surface area contributed by atoms with E-state index in [0.29, 0.717) is 51.7 Å². The molecule has 0 aliphatic carbocycles. The molecule has 0 saturated carbocycles. The van der Waals surface area contributed by atoms with Crippen molar-refractivity contribution in [2.75, 3.05) is 85.8 Å². The Morgan fingerprint density at radius 2 is 1.13 bits per heavy atom. The first-order valence-corrected chi connectivity index (χ1v) is 33.0. The molecule has 0 unspecified atom stereocenters. The van der Waals surface area contributed by atoms with Crippen molar-refractivity contribution in [2.45, 2.75) is 216 Å². The van der Waals surface area contributed by atoms with Crippen LogP contribution in [0.15, 0.2) is 0 Å². The first-order valence-electron chi connectivity index (χ1n) is 33.0. The van der Waals surface area contributed by atoms with Crippen LogP contribution in [0.4, 0.5) is 0 Å². The number of carbonyl (C=O) groups excluding carboxylic acids is 8. The molecule has 0 aromatic carbocycles. The zero-order chi connectivity index (χ0) is 68.2. The van der Waals surface area contributed by atoms with Crippen LogP contribution >= 0.6 is 0 Å². The number of likely N-dealkylation sites (tertiary alicyclic amines) is 2. The van der Waals surface area contributed by atoms with Gasteiger partial charge in [-0.2, -0.15) is 0 Å². The van der Waals surface area contributed by atoms with Gasteiger partial charge in [0.15, 0.2) is 5.96 Å². The third-order valence-electron chi connectivity index (χ3n) is 16.1. The number of carboxylic acid groups (broad SMARTS) is 3. The smallest absolute Gasteiger partial charge is 0.317 e. The molecule has 1 aromatic rings. The number of unbranched alkanes of at least 4 members (excludes halogenated alkanes) is 14. The first-order chi connectivity index (χ1) is 44.6. The molecular formula is C60H105N17O16. The van der Waals surface area contributed by atoms with E-state index in [-0.39, 0.29) is 109 Å². The molecule has 2 aliphatic rings. The number of nitrogens with zero attached hydrogens (tertiary/aromatic N) is 6. The topological polar surface area (TPSA) is 491 Å². The Bertz CT molecular complexity index is 2450. The standard InChI is InChI=1S/C60H105N17O16/c1-75-32-20-26-47(75)59(91)77-34-21-25-46(77)58(90)69-44(24-19-30-66-60(62)63)56(88)70-45(38-51(80)81)57(89)68-43(23-16-18-33-76(39-52(82)83)40-53(84)85)55(87)67-42(54(61)86)22-15-17-29-64-50(79)41-93-37-36-92-35-31-65-49(78)28-14-12-10-8-6-4-2-3-5-7-9-11-13-27-48-71-73-74-72-48/h42-47H,2-41H2,1H3,(H2,61,86)(H,64,79)(H,65,78)(H,67,87)(H,68,89)(H,69,90)(H,70,88)(H,80,81)(H,82,83)(H,84,85)(H4,62,63,66)(H,71,72,73,74)/t42-,43-,44-,45-,46-,47-/m0/s1. The summed E-state index contributed by atoms with van der Waals surface area (Å²) in [5.41, 5.74) is 11.1. The van der Waals surface area contributed by atoms with E-state index in [1.54, 1.807) is 0 Å². The molecular weight excluding hydrogens is 1210 g/mol. The third-order valence-corrected chi connectivity index (χ3v) is 16.1. The van der Waals surface area contributed by atoms with Gasteiger partial charge in [-0.15, -0.1) is 5.10 Å². The fraction of sp³-hybridized carbons (Fsp3) is 0.783. The number of hydrogen-bond donors (Lipinski definition) is 14. The highest BCUT2D eigenvalue weighted by molar-refractivity contribution is 5.98. The third kappa shape index (κ3) is 35.8. The van der Waals surface area contributed by atoms with E-state index in [4.69, 9.17) is 26.4 Å². The summed E-state index contributed by atoms with van der Waals surface area (Å²) < 4.78 is 10.9. The molecule has 1 aromatic heterocycles. The molecule has 2 saturated heterocycles. The molecule has 0 bridgehead atoms. The average Bonchev–Trinajstić information content (AvgIpc) is 1.73. The van der Waals surface area contributed by atoms with Gasteiger partial charge in [-0.3, -0.25) is 67.9 Å². The minimum absolute atomic E-state index is 0.0169. The number of ether oxygens (including phenoxy) is 2. The van der Waals surface area contributed by atoms with E-state index < -0.39 is 109 Å². The van der Waals surface area contributed by atoms with Crippen LogP contribution in [0, 0.1) is 5.41 Å².